The fourth-order valence-electron chi connectivity index (χ4n) is 1.35. The second kappa shape index (κ2) is 5.19. The third-order valence-electron chi connectivity index (χ3n) is 2.24. The number of alkyl halides is 3. The van der Waals surface area contributed by atoms with Gasteiger partial charge in [-0.2, -0.15) is 13.2 Å². The average molecular weight is 246 g/mol. The van der Waals surface area contributed by atoms with E-state index < -0.39 is 23.7 Å². The van der Waals surface area contributed by atoms with Gasteiger partial charge in [0, 0.05) is 12.0 Å². The molecule has 0 aliphatic carbocycles. The van der Waals surface area contributed by atoms with E-state index in [4.69, 9.17) is 6.42 Å². The highest BCUT2D eigenvalue weighted by atomic mass is 19.4. The molecule has 1 atom stereocenters. The van der Waals surface area contributed by atoms with Gasteiger partial charge in [-0.25, -0.2) is 4.39 Å². The van der Waals surface area contributed by atoms with Gasteiger partial charge in [-0.05, 0) is 24.6 Å². The van der Waals surface area contributed by atoms with E-state index in [0.29, 0.717) is 18.2 Å². The van der Waals surface area contributed by atoms with Crippen LogP contribution >= 0.6 is 0 Å². The molecule has 1 rings (SSSR count). The lowest BCUT2D eigenvalue weighted by Gasteiger charge is -2.13. The van der Waals surface area contributed by atoms with Gasteiger partial charge >= 0.3 is 6.18 Å². The zero-order valence-corrected chi connectivity index (χ0v) is 8.76. The minimum atomic E-state index is -4.56. The molecule has 0 spiro atoms. The molecule has 0 aromatic heterocycles. The third-order valence-corrected chi connectivity index (χ3v) is 2.24. The Hall–Kier alpha value is -1.54. The molecule has 0 aliphatic rings. The van der Waals surface area contributed by atoms with E-state index in [1.807, 2.05) is 0 Å². The molecule has 0 amide bonds. The summed E-state index contributed by atoms with van der Waals surface area (Å²) in [5.41, 5.74) is -1.37. The van der Waals surface area contributed by atoms with Crippen LogP contribution < -0.4 is 0 Å². The third kappa shape index (κ3) is 3.46. The van der Waals surface area contributed by atoms with E-state index in [9.17, 15) is 22.7 Å². The average Bonchev–Trinajstić information content (AvgIpc) is 2.24. The van der Waals surface area contributed by atoms with Crippen LogP contribution in [0.1, 0.15) is 30.1 Å². The molecule has 0 fully saturated rings. The Morgan fingerprint density at radius 1 is 1.35 bits per heavy atom. The van der Waals surface area contributed by atoms with Gasteiger partial charge < -0.3 is 5.11 Å². The van der Waals surface area contributed by atoms with Gasteiger partial charge in [0.25, 0.3) is 0 Å². The van der Waals surface area contributed by atoms with Crippen molar-refractivity contribution in [3.8, 4) is 12.3 Å². The van der Waals surface area contributed by atoms with Crippen LogP contribution in [0, 0.1) is 18.2 Å². The zero-order valence-electron chi connectivity index (χ0n) is 8.76. The molecule has 0 bridgehead atoms. The highest BCUT2D eigenvalue weighted by molar-refractivity contribution is 5.28. The molecule has 1 aromatic carbocycles. The minimum Gasteiger partial charge on any atom is -0.388 e. The summed E-state index contributed by atoms with van der Waals surface area (Å²) < 4.78 is 50.4. The number of hydrogen-bond acceptors (Lipinski definition) is 1. The fraction of sp³-hybridized carbons (Fsp3) is 0.333. The van der Waals surface area contributed by atoms with Crippen LogP contribution in [0.2, 0.25) is 0 Å². The highest BCUT2D eigenvalue weighted by Gasteiger charge is 2.31. The molecular weight excluding hydrogens is 236 g/mol. The summed E-state index contributed by atoms with van der Waals surface area (Å²) in [6.45, 7) is 0. The topological polar surface area (TPSA) is 20.2 Å². The van der Waals surface area contributed by atoms with Gasteiger partial charge in [0.05, 0.1) is 11.7 Å². The smallest absolute Gasteiger partial charge is 0.388 e. The summed E-state index contributed by atoms with van der Waals surface area (Å²) >= 11 is 0. The van der Waals surface area contributed by atoms with Gasteiger partial charge in [0.1, 0.15) is 5.82 Å². The molecule has 1 nitrogen and oxygen atoms in total. The molecule has 1 aromatic rings. The van der Waals surface area contributed by atoms with E-state index in [2.05, 4.69) is 5.92 Å². The van der Waals surface area contributed by atoms with E-state index >= 15 is 0 Å². The van der Waals surface area contributed by atoms with Crippen LogP contribution in [0.15, 0.2) is 18.2 Å². The second-order valence-corrected chi connectivity index (χ2v) is 3.49. The molecule has 92 valence electrons. The van der Waals surface area contributed by atoms with Crippen LogP contribution in [-0.2, 0) is 6.18 Å². The van der Waals surface area contributed by atoms with Crippen molar-refractivity contribution in [1.29, 1.82) is 0 Å². The second-order valence-electron chi connectivity index (χ2n) is 3.49. The summed E-state index contributed by atoms with van der Waals surface area (Å²) in [7, 11) is 0. The molecule has 1 N–H and O–H groups in total. The Morgan fingerprint density at radius 2 is 2.00 bits per heavy atom. The number of rotatable bonds is 3. The first-order valence-electron chi connectivity index (χ1n) is 4.84. The molecule has 0 radical (unpaired) electrons. The van der Waals surface area contributed by atoms with Crippen molar-refractivity contribution < 1.29 is 22.7 Å². The van der Waals surface area contributed by atoms with Gasteiger partial charge in [0.2, 0.25) is 0 Å². The Bertz CT molecular complexity index is 431. The minimum absolute atomic E-state index is 0.0226. The van der Waals surface area contributed by atoms with Crippen molar-refractivity contribution in [1.82, 2.24) is 0 Å². The van der Waals surface area contributed by atoms with Crippen LogP contribution in [0.5, 0.6) is 0 Å². The Kier molecular flexibility index (Phi) is 4.13. The maximum Gasteiger partial charge on any atom is 0.416 e. The van der Waals surface area contributed by atoms with Crippen molar-refractivity contribution >= 4 is 0 Å². The van der Waals surface area contributed by atoms with Crippen molar-refractivity contribution in [2.24, 2.45) is 0 Å². The van der Waals surface area contributed by atoms with E-state index in [-0.39, 0.29) is 18.4 Å². The summed E-state index contributed by atoms with van der Waals surface area (Å²) in [6.07, 6.45) is -0.743. The molecule has 0 saturated carbocycles. The Balaban J connectivity index is 3.03. The van der Waals surface area contributed by atoms with E-state index in [1.165, 1.54) is 0 Å². The lowest BCUT2D eigenvalue weighted by Crippen LogP contribution is -2.08. The number of aliphatic hydroxyl groups excluding tert-OH is 1. The highest BCUT2D eigenvalue weighted by Crippen LogP contribution is 2.32. The zero-order chi connectivity index (χ0) is 13.1. The summed E-state index contributed by atoms with van der Waals surface area (Å²) in [5.74, 6) is 1.36. The Labute approximate surface area is 96.1 Å². The predicted octanol–water partition coefficient (Wildman–Crippen LogP) is 3.29. The SMILES string of the molecule is C#CCCC(O)c1cc(C(F)(F)F)ccc1F. The molecule has 1 unspecified atom stereocenters. The maximum absolute atomic E-state index is 13.3. The molecule has 0 heterocycles. The van der Waals surface area contributed by atoms with Gasteiger partial charge in [-0.1, -0.05) is 0 Å². The largest absolute Gasteiger partial charge is 0.416 e. The monoisotopic (exact) mass is 246 g/mol. The lowest BCUT2D eigenvalue weighted by atomic mass is 10.0. The van der Waals surface area contributed by atoms with Crippen LogP contribution in [0.4, 0.5) is 17.6 Å². The van der Waals surface area contributed by atoms with E-state index in [0.717, 1.165) is 0 Å². The first-order valence-corrected chi connectivity index (χ1v) is 4.84. The molecule has 0 aliphatic heterocycles. The fourth-order valence-corrected chi connectivity index (χ4v) is 1.35. The molecular formula is C12H10F4O. The number of terminal acetylenes is 1. The van der Waals surface area contributed by atoms with Crippen LogP contribution in [0.25, 0.3) is 0 Å². The van der Waals surface area contributed by atoms with Crippen LogP contribution in [0.3, 0.4) is 0 Å². The number of halogens is 4. The molecule has 5 heteroatoms. The van der Waals surface area contributed by atoms with Crippen molar-refractivity contribution in [2.75, 3.05) is 0 Å². The number of hydrogen-bond donors (Lipinski definition) is 1. The molecule has 17 heavy (non-hydrogen) atoms. The summed E-state index contributed by atoms with van der Waals surface area (Å²) in [6, 6.07) is 1.93. The Morgan fingerprint density at radius 3 is 2.53 bits per heavy atom. The standard InChI is InChI=1S/C12H10F4O/c1-2-3-4-11(17)9-7-8(12(14,15)16)5-6-10(9)13/h1,5-7,11,17H,3-4H2. The number of aliphatic hydroxyl groups is 1. The van der Waals surface area contributed by atoms with Gasteiger partial charge in [-0.3, -0.25) is 0 Å². The lowest BCUT2D eigenvalue weighted by molar-refractivity contribution is -0.137. The van der Waals surface area contributed by atoms with E-state index in [1.54, 1.807) is 0 Å². The van der Waals surface area contributed by atoms with Crippen molar-refractivity contribution in [2.45, 2.75) is 25.1 Å². The molecule has 0 saturated heterocycles. The maximum atomic E-state index is 13.3. The normalized spacial score (nSPS) is 13.2. The number of benzene rings is 1. The first-order chi connectivity index (χ1) is 7.86. The first kappa shape index (κ1) is 13.5. The van der Waals surface area contributed by atoms with Crippen molar-refractivity contribution in [3.05, 3.63) is 35.1 Å². The van der Waals surface area contributed by atoms with Gasteiger partial charge in [0.15, 0.2) is 0 Å². The summed E-state index contributed by atoms with van der Waals surface area (Å²) in [5, 5.41) is 9.52. The van der Waals surface area contributed by atoms with Crippen LogP contribution in [-0.4, -0.2) is 5.11 Å². The van der Waals surface area contributed by atoms with Crippen molar-refractivity contribution in [3.63, 3.8) is 0 Å². The predicted molar refractivity (Wildman–Crippen MR) is 54.4 cm³/mol. The summed E-state index contributed by atoms with van der Waals surface area (Å²) in [4.78, 5) is 0. The quantitative estimate of drug-likeness (QED) is 0.641. The van der Waals surface area contributed by atoms with Gasteiger partial charge in [-0.15, -0.1) is 12.3 Å².